The van der Waals surface area contributed by atoms with E-state index >= 15 is 0 Å². The lowest BCUT2D eigenvalue weighted by atomic mass is 10.2. The second-order valence-corrected chi connectivity index (χ2v) is 6.41. The van der Waals surface area contributed by atoms with Crippen LogP contribution < -0.4 is 0 Å². The van der Waals surface area contributed by atoms with Crippen molar-refractivity contribution >= 4 is 17.7 Å². The van der Waals surface area contributed by atoms with E-state index in [0.29, 0.717) is 12.3 Å². The van der Waals surface area contributed by atoms with Crippen LogP contribution >= 0.6 is 11.8 Å². The van der Waals surface area contributed by atoms with Gasteiger partial charge in [-0.3, -0.25) is 9.69 Å². The number of nitrogens with zero attached hydrogens (tertiary/aromatic N) is 2. The molecule has 0 saturated carbocycles. The lowest BCUT2D eigenvalue weighted by Gasteiger charge is -2.34. The zero-order valence-electron chi connectivity index (χ0n) is 12.6. The Kier molecular flexibility index (Phi) is 6.54. The SMILES string of the molecule is Cc1ccc(CSCC(=O)N2CCN(CCO)CC2)cc1. The minimum Gasteiger partial charge on any atom is -0.395 e. The molecule has 0 spiro atoms. The van der Waals surface area contributed by atoms with Crippen LogP contribution in [-0.4, -0.2) is 65.9 Å². The molecule has 1 saturated heterocycles. The third-order valence-electron chi connectivity index (χ3n) is 3.76. The van der Waals surface area contributed by atoms with E-state index < -0.39 is 0 Å². The van der Waals surface area contributed by atoms with Crippen molar-refractivity contribution in [2.24, 2.45) is 0 Å². The Labute approximate surface area is 131 Å². The molecule has 1 aliphatic heterocycles. The maximum atomic E-state index is 12.1. The fraction of sp³-hybridized carbons (Fsp3) is 0.562. The number of hydrogen-bond donors (Lipinski definition) is 1. The first-order chi connectivity index (χ1) is 10.2. The van der Waals surface area contributed by atoms with Gasteiger partial charge in [-0.25, -0.2) is 0 Å². The minimum atomic E-state index is 0.195. The zero-order chi connectivity index (χ0) is 15.1. The standard InChI is InChI=1S/C16H24N2O2S/c1-14-2-4-15(5-3-14)12-21-13-16(20)18-8-6-17(7-9-18)10-11-19/h2-5,19H,6-13H2,1H3. The van der Waals surface area contributed by atoms with Crippen molar-refractivity contribution in [1.29, 1.82) is 0 Å². The van der Waals surface area contributed by atoms with E-state index in [-0.39, 0.29) is 12.5 Å². The number of hydrogen-bond acceptors (Lipinski definition) is 4. The van der Waals surface area contributed by atoms with Gasteiger partial charge in [0.15, 0.2) is 0 Å². The number of aryl methyl sites for hydroxylation is 1. The van der Waals surface area contributed by atoms with Crippen molar-refractivity contribution in [3.63, 3.8) is 0 Å². The normalized spacial score (nSPS) is 16.2. The molecule has 0 bridgehead atoms. The second kappa shape index (κ2) is 8.41. The number of amides is 1. The van der Waals surface area contributed by atoms with E-state index in [9.17, 15) is 4.79 Å². The molecule has 1 N–H and O–H groups in total. The molecule has 116 valence electrons. The van der Waals surface area contributed by atoms with E-state index in [0.717, 1.165) is 31.9 Å². The number of aliphatic hydroxyl groups excluding tert-OH is 1. The molecule has 5 heteroatoms. The number of benzene rings is 1. The summed E-state index contributed by atoms with van der Waals surface area (Å²) in [5, 5.41) is 8.91. The fourth-order valence-electron chi connectivity index (χ4n) is 2.39. The van der Waals surface area contributed by atoms with Gasteiger partial charge in [0.1, 0.15) is 0 Å². The average molecular weight is 308 g/mol. The Balaban J connectivity index is 1.67. The molecule has 1 fully saturated rings. The van der Waals surface area contributed by atoms with Crippen molar-refractivity contribution in [2.45, 2.75) is 12.7 Å². The van der Waals surface area contributed by atoms with Gasteiger partial charge in [0.25, 0.3) is 0 Å². The Hall–Kier alpha value is -1.04. The summed E-state index contributed by atoms with van der Waals surface area (Å²) in [6.07, 6.45) is 0. The Morgan fingerprint density at radius 3 is 2.48 bits per heavy atom. The van der Waals surface area contributed by atoms with E-state index in [1.54, 1.807) is 11.8 Å². The molecule has 0 unspecified atom stereocenters. The summed E-state index contributed by atoms with van der Waals surface area (Å²) >= 11 is 1.68. The van der Waals surface area contributed by atoms with E-state index in [1.807, 2.05) is 4.90 Å². The van der Waals surface area contributed by atoms with E-state index in [4.69, 9.17) is 5.11 Å². The van der Waals surface area contributed by atoms with Crippen LogP contribution in [0.3, 0.4) is 0 Å². The van der Waals surface area contributed by atoms with Gasteiger partial charge in [-0.2, -0.15) is 0 Å². The summed E-state index contributed by atoms with van der Waals surface area (Å²) in [5.41, 5.74) is 2.53. The van der Waals surface area contributed by atoms with Gasteiger partial charge in [-0.05, 0) is 12.5 Å². The molecule has 0 radical (unpaired) electrons. The van der Waals surface area contributed by atoms with Gasteiger partial charge in [0.05, 0.1) is 12.4 Å². The first-order valence-electron chi connectivity index (χ1n) is 7.43. The predicted molar refractivity (Wildman–Crippen MR) is 87.4 cm³/mol. The number of thioether (sulfide) groups is 1. The highest BCUT2D eigenvalue weighted by molar-refractivity contribution is 7.99. The van der Waals surface area contributed by atoms with Crippen LogP contribution in [-0.2, 0) is 10.5 Å². The molecule has 0 aliphatic carbocycles. The Morgan fingerprint density at radius 1 is 1.19 bits per heavy atom. The highest BCUT2D eigenvalue weighted by Crippen LogP contribution is 2.14. The molecule has 0 aromatic heterocycles. The van der Waals surface area contributed by atoms with Crippen LogP contribution in [0.25, 0.3) is 0 Å². The van der Waals surface area contributed by atoms with Gasteiger partial charge in [0.2, 0.25) is 5.91 Å². The van der Waals surface area contributed by atoms with Crippen molar-refractivity contribution in [1.82, 2.24) is 9.80 Å². The molecule has 1 aromatic rings. The lowest BCUT2D eigenvalue weighted by Crippen LogP contribution is -2.49. The van der Waals surface area contributed by atoms with Crippen LogP contribution in [0.5, 0.6) is 0 Å². The number of rotatable bonds is 6. The zero-order valence-corrected chi connectivity index (χ0v) is 13.4. The number of carbonyl (C=O) groups is 1. The molecular weight excluding hydrogens is 284 g/mol. The quantitative estimate of drug-likeness (QED) is 0.862. The van der Waals surface area contributed by atoms with Gasteiger partial charge in [-0.1, -0.05) is 29.8 Å². The Morgan fingerprint density at radius 2 is 1.86 bits per heavy atom. The topological polar surface area (TPSA) is 43.8 Å². The van der Waals surface area contributed by atoms with Gasteiger partial charge in [-0.15, -0.1) is 11.8 Å². The maximum Gasteiger partial charge on any atom is 0.232 e. The van der Waals surface area contributed by atoms with E-state index in [2.05, 4.69) is 36.1 Å². The van der Waals surface area contributed by atoms with Gasteiger partial charge in [0, 0.05) is 38.5 Å². The highest BCUT2D eigenvalue weighted by Gasteiger charge is 2.20. The van der Waals surface area contributed by atoms with Crippen molar-refractivity contribution in [2.75, 3.05) is 45.1 Å². The lowest BCUT2D eigenvalue weighted by molar-refractivity contribution is -0.130. The summed E-state index contributed by atoms with van der Waals surface area (Å²) in [6, 6.07) is 8.47. The number of β-amino-alcohol motifs (C(OH)–C–C–N with tert-alkyl or cyclic N) is 1. The summed E-state index contributed by atoms with van der Waals surface area (Å²) in [5.74, 6) is 1.67. The second-order valence-electron chi connectivity index (χ2n) is 5.42. The maximum absolute atomic E-state index is 12.1. The van der Waals surface area contributed by atoms with Crippen LogP contribution in [0.1, 0.15) is 11.1 Å². The first-order valence-corrected chi connectivity index (χ1v) is 8.59. The van der Waals surface area contributed by atoms with Gasteiger partial charge < -0.3 is 10.0 Å². The molecule has 4 nitrogen and oxygen atoms in total. The molecule has 0 atom stereocenters. The van der Waals surface area contributed by atoms with Gasteiger partial charge >= 0.3 is 0 Å². The van der Waals surface area contributed by atoms with Crippen LogP contribution in [0, 0.1) is 6.92 Å². The summed E-state index contributed by atoms with van der Waals surface area (Å²) in [4.78, 5) is 16.3. The predicted octanol–water partition coefficient (Wildman–Crippen LogP) is 1.36. The monoisotopic (exact) mass is 308 g/mol. The third kappa shape index (κ3) is 5.34. The number of carbonyl (C=O) groups excluding carboxylic acids is 1. The number of aliphatic hydroxyl groups is 1. The summed E-state index contributed by atoms with van der Waals surface area (Å²) in [6.45, 7) is 6.29. The van der Waals surface area contributed by atoms with Crippen molar-refractivity contribution in [3.8, 4) is 0 Å². The fourth-order valence-corrected chi connectivity index (χ4v) is 3.28. The summed E-state index contributed by atoms with van der Waals surface area (Å²) < 4.78 is 0. The molecule has 1 aliphatic rings. The van der Waals surface area contributed by atoms with E-state index in [1.165, 1.54) is 11.1 Å². The molecule has 1 amide bonds. The smallest absolute Gasteiger partial charge is 0.232 e. The average Bonchev–Trinajstić information content (AvgIpc) is 2.50. The molecular formula is C16H24N2O2S. The van der Waals surface area contributed by atoms with Crippen molar-refractivity contribution in [3.05, 3.63) is 35.4 Å². The largest absolute Gasteiger partial charge is 0.395 e. The molecule has 2 rings (SSSR count). The van der Waals surface area contributed by atoms with Crippen LogP contribution in [0.15, 0.2) is 24.3 Å². The molecule has 1 aromatic carbocycles. The van der Waals surface area contributed by atoms with Crippen LogP contribution in [0.4, 0.5) is 0 Å². The first kappa shape index (κ1) is 16.3. The highest BCUT2D eigenvalue weighted by atomic mass is 32.2. The molecule has 21 heavy (non-hydrogen) atoms. The van der Waals surface area contributed by atoms with Crippen LogP contribution in [0.2, 0.25) is 0 Å². The Bertz CT molecular complexity index is 442. The minimum absolute atomic E-state index is 0.195. The molecule has 1 heterocycles. The summed E-state index contributed by atoms with van der Waals surface area (Å²) in [7, 11) is 0. The van der Waals surface area contributed by atoms with Crippen molar-refractivity contribution < 1.29 is 9.90 Å². The third-order valence-corrected chi connectivity index (χ3v) is 4.74. The number of piperazine rings is 1.